The lowest BCUT2D eigenvalue weighted by atomic mass is 9.98. The highest BCUT2D eigenvalue weighted by Gasteiger charge is 2.18. The van der Waals surface area contributed by atoms with Crippen molar-refractivity contribution in [2.24, 2.45) is 14.1 Å². The molecule has 12 aromatic rings. The first-order chi connectivity index (χ1) is 30.6. The zero-order valence-corrected chi connectivity index (χ0v) is 34.6. The van der Waals surface area contributed by atoms with Crippen LogP contribution in [0.3, 0.4) is 0 Å². The van der Waals surface area contributed by atoms with Crippen LogP contribution in [-0.4, -0.2) is 9.13 Å². The fourth-order valence-corrected chi connectivity index (χ4v) is 9.74. The van der Waals surface area contributed by atoms with Crippen LogP contribution in [0.2, 0.25) is 0 Å². The minimum Gasteiger partial charge on any atom is -0.344 e. The van der Waals surface area contributed by atoms with Gasteiger partial charge in [0.2, 0.25) is 0 Å². The molecule has 12 rings (SSSR count). The Morgan fingerprint density at radius 2 is 0.597 bits per heavy atom. The molecule has 0 amide bonds. The Labute approximate surface area is 360 Å². The predicted molar refractivity (Wildman–Crippen MR) is 264 cm³/mol. The van der Waals surface area contributed by atoms with Crippen LogP contribution in [0, 0.1) is 0 Å². The van der Waals surface area contributed by atoms with Crippen LogP contribution in [0.4, 0.5) is 34.1 Å². The van der Waals surface area contributed by atoms with Gasteiger partial charge in [-0.15, -0.1) is 0 Å². The molecule has 2 aromatic heterocycles. The monoisotopic (exact) mass is 794 g/mol. The van der Waals surface area contributed by atoms with Gasteiger partial charge in [0.05, 0.1) is 0 Å². The molecule has 0 fully saturated rings. The SMILES string of the molecule is Cn1c2ccccc2c2cc(N(c3ccccc3)c3ccc4cc(-c5ccc6cc(N(c7ccccc7)c7ccc8c(c7)c7ccccc7n8C)ccc6c5)ccc4c3)ccc21. The third-order valence-electron chi connectivity index (χ3n) is 12.8. The molecule has 0 spiro atoms. The maximum absolute atomic E-state index is 2.37. The first kappa shape index (κ1) is 35.8. The molecule has 2 heterocycles. The van der Waals surface area contributed by atoms with Crippen LogP contribution in [0.1, 0.15) is 0 Å². The Bertz CT molecular complexity index is 3430. The van der Waals surface area contributed by atoms with E-state index in [2.05, 4.69) is 251 Å². The molecule has 0 bridgehead atoms. The summed E-state index contributed by atoms with van der Waals surface area (Å²) in [4.78, 5) is 4.74. The largest absolute Gasteiger partial charge is 0.344 e. The van der Waals surface area contributed by atoms with Gasteiger partial charge in [-0.1, -0.05) is 109 Å². The summed E-state index contributed by atoms with van der Waals surface area (Å²) in [5.74, 6) is 0. The molecule has 0 atom stereocenters. The van der Waals surface area contributed by atoms with E-state index in [4.69, 9.17) is 0 Å². The van der Waals surface area contributed by atoms with Gasteiger partial charge in [-0.05, 0) is 142 Å². The molecule has 62 heavy (non-hydrogen) atoms. The molecule has 0 aliphatic carbocycles. The van der Waals surface area contributed by atoms with E-state index in [0.717, 1.165) is 34.1 Å². The molecule has 4 nitrogen and oxygen atoms in total. The van der Waals surface area contributed by atoms with Crippen molar-refractivity contribution in [2.75, 3.05) is 9.80 Å². The summed E-state index contributed by atoms with van der Waals surface area (Å²) in [6.07, 6.45) is 0. The molecular formula is C58H42N4. The number of aryl methyl sites for hydroxylation is 2. The molecule has 0 saturated heterocycles. The zero-order chi connectivity index (χ0) is 41.3. The number of para-hydroxylation sites is 4. The minimum absolute atomic E-state index is 1.12. The van der Waals surface area contributed by atoms with Crippen LogP contribution < -0.4 is 9.80 Å². The second-order valence-corrected chi connectivity index (χ2v) is 16.4. The molecule has 4 heteroatoms. The third kappa shape index (κ3) is 5.83. The Balaban J connectivity index is 0.892. The maximum atomic E-state index is 2.37. The normalized spacial score (nSPS) is 11.7. The van der Waals surface area contributed by atoms with Crippen molar-refractivity contribution in [1.82, 2.24) is 9.13 Å². The predicted octanol–water partition coefficient (Wildman–Crippen LogP) is 15.9. The first-order valence-corrected chi connectivity index (χ1v) is 21.3. The minimum atomic E-state index is 1.12. The summed E-state index contributed by atoms with van der Waals surface area (Å²) < 4.78 is 4.57. The molecular weight excluding hydrogens is 753 g/mol. The molecule has 294 valence electrons. The summed E-state index contributed by atoms with van der Waals surface area (Å²) in [5.41, 5.74) is 14.1. The fraction of sp³-hybridized carbons (Fsp3) is 0.0345. The van der Waals surface area contributed by atoms with E-state index < -0.39 is 0 Å². The van der Waals surface area contributed by atoms with Crippen LogP contribution in [-0.2, 0) is 14.1 Å². The van der Waals surface area contributed by atoms with Gasteiger partial charge in [-0.3, -0.25) is 0 Å². The second kappa shape index (κ2) is 14.3. The van der Waals surface area contributed by atoms with Gasteiger partial charge in [-0.2, -0.15) is 0 Å². The summed E-state index contributed by atoms with van der Waals surface area (Å²) >= 11 is 0. The number of hydrogen-bond acceptors (Lipinski definition) is 2. The van der Waals surface area contributed by atoms with Gasteiger partial charge in [-0.25, -0.2) is 0 Å². The summed E-state index contributed by atoms with van der Waals surface area (Å²) in [7, 11) is 4.30. The number of anilines is 6. The number of fused-ring (bicyclic) bond motifs is 8. The van der Waals surface area contributed by atoms with Crippen molar-refractivity contribution >= 4 is 99.3 Å². The van der Waals surface area contributed by atoms with Crippen LogP contribution >= 0.6 is 0 Å². The molecule has 0 aliphatic heterocycles. The van der Waals surface area contributed by atoms with Crippen LogP contribution in [0.5, 0.6) is 0 Å². The van der Waals surface area contributed by atoms with Crippen LogP contribution in [0.25, 0.3) is 76.3 Å². The lowest BCUT2D eigenvalue weighted by molar-refractivity contribution is 1.01. The molecule has 0 unspecified atom stereocenters. The third-order valence-corrected chi connectivity index (χ3v) is 12.8. The van der Waals surface area contributed by atoms with Gasteiger partial charge in [0.15, 0.2) is 0 Å². The van der Waals surface area contributed by atoms with E-state index in [1.54, 1.807) is 0 Å². The standard InChI is InChI=1S/C58H42N4/c1-59-55-19-11-9-17-51(55)53-37-49(29-31-57(53)59)61(45-13-5-3-6-14-45)47-27-25-41-33-39(21-23-43(41)35-47)40-22-24-44-36-48(28-26-42(44)34-40)62(46-15-7-4-8-16-46)50-30-32-58-54(38-50)52-18-10-12-20-56(52)60(58)2/h3-38H,1-2H3. The van der Waals surface area contributed by atoms with Gasteiger partial charge < -0.3 is 18.9 Å². The smallest absolute Gasteiger partial charge is 0.0490 e. The van der Waals surface area contributed by atoms with Gasteiger partial charge in [0, 0.05) is 91.8 Å². The number of nitrogens with zero attached hydrogens (tertiary/aromatic N) is 4. The Morgan fingerprint density at radius 3 is 1.05 bits per heavy atom. The number of hydrogen-bond donors (Lipinski definition) is 0. The van der Waals surface area contributed by atoms with Crippen molar-refractivity contribution in [3.63, 3.8) is 0 Å². The highest BCUT2D eigenvalue weighted by atomic mass is 15.1. The highest BCUT2D eigenvalue weighted by Crippen LogP contribution is 2.42. The molecule has 0 N–H and O–H groups in total. The number of aromatic nitrogens is 2. The Hall–Kier alpha value is -8.08. The van der Waals surface area contributed by atoms with E-state index in [1.807, 2.05) is 0 Å². The lowest BCUT2D eigenvalue weighted by Crippen LogP contribution is -2.09. The van der Waals surface area contributed by atoms with Crippen molar-refractivity contribution in [2.45, 2.75) is 0 Å². The highest BCUT2D eigenvalue weighted by molar-refractivity contribution is 6.11. The summed E-state index contributed by atoms with van der Waals surface area (Å²) in [5, 5.41) is 9.87. The van der Waals surface area contributed by atoms with Crippen molar-refractivity contribution in [1.29, 1.82) is 0 Å². The Kier molecular flexibility index (Phi) is 8.26. The van der Waals surface area contributed by atoms with E-state index in [9.17, 15) is 0 Å². The van der Waals surface area contributed by atoms with Crippen LogP contribution in [0.15, 0.2) is 218 Å². The summed E-state index contributed by atoms with van der Waals surface area (Å²) in [6.45, 7) is 0. The lowest BCUT2D eigenvalue weighted by Gasteiger charge is -2.26. The van der Waals surface area contributed by atoms with E-state index in [1.165, 1.54) is 76.3 Å². The summed E-state index contributed by atoms with van der Waals surface area (Å²) in [6, 6.07) is 79.7. The van der Waals surface area contributed by atoms with E-state index in [0.29, 0.717) is 0 Å². The topological polar surface area (TPSA) is 16.3 Å². The van der Waals surface area contributed by atoms with Gasteiger partial charge in [0.25, 0.3) is 0 Å². The quantitative estimate of drug-likeness (QED) is 0.160. The number of rotatable bonds is 7. The average Bonchev–Trinajstić information content (AvgIpc) is 3.78. The van der Waals surface area contributed by atoms with Crippen molar-refractivity contribution in [3.05, 3.63) is 218 Å². The van der Waals surface area contributed by atoms with Crippen molar-refractivity contribution < 1.29 is 0 Å². The molecule has 0 radical (unpaired) electrons. The van der Waals surface area contributed by atoms with Crippen molar-refractivity contribution in [3.8, 4) is 11.1 Å². The molecule has 10 aromatic carbocycles. The van der Waals surface area contributed by atoms with E-state index >= 15 is 0 Å². The average molecular weight is 795 g/mol. The first-order valence-electron chi connectivity index (χ1n) is 21.3. The molecule has 0 aliphatic rings. The molecule has 0 saturated carbocycles. The van der Waals surface area contributed by atoms with Gasteiger partial charge in [0.1, 0.15) is 0 Å². The maximum Gasteiger partial charge on any atom is 0.0490 e. The fourth-order valence-electron chi connectivity index (χ4n) is 9.74. The second-order valence-electron chi connectivity index (χ2n) is 16.4. The van der Waals surface area contributed by atoms with Gasteiger partial charge >= 0.3 is 0 Å². The number of benzene rings is 10. The Morgan fingerprint density at radius 1 is 0.258 bits per heavy atom. The van der Waals surface area contributed by atoms with E-state index in [-0.39, 0.29) is 0 Å². The zero-order valence-electron chi connectivity index (χ0n) is 34.6.